The van der Waals surface area contributed by atoms with E-state index in [1.807, 2.05) is 43.3 Å². The third-order valence-corrected chi connectivity index (χ3v) is 4.23. The van der Waals surface area contributed by atoms with E-state index in [2.05, 4.69) is 6.92 Å². The van der Waals surface area contributed by atoms with E-state index in [1.54, 1.807) is 18.4 Å². The third-order valence-electron chi connectivity index (χ3n) is 2.98. The van der Waals surface area contributed by atoms with Crippen LogP contribution in [0.25, 0.3) is 0 Å². The summed E-state index contributed by atoms with van der Waals surface area (Å²) in [6.45, 7) is 3.92. The molecule has 2 rings (SSSR count). The number of benzene rings is 1. The standard InChI is InChI=1S/C15H18O2S/c1-11-4-9-14(18-11)15(2,16)10-12-5-7-13(17-3)8-6-12/h4-9,16H,10H2,1-3H3. The third kappa shape index (κ3) is 2.92. The van der Waals surface area contributed by atoms with E-state index < -0.39 is 5.60 Å². The highest BCUT2D eigenvalue weighted by atomic mass is 32.1. The number of thiophene rings is 1. The van der Waals surface area contributed by atoms with Gasteiger partial charge in [-0.25, -0.2) is 0 Å². The first-order chi connectivity index (χ1) is 8.51. The molecule has 1 aromatic carbocycles. The van der Waals surface area contributed by atoms with Gasteiger partial charge in [0.1, 0.15) is 5.75 Å². The lowest BCUT2D eigenvalue weighted by atomic mass is 9.95. The van der Waals surface area contributed by atoms with E-state index in [0.717, 1.165) is 16.2 Å². The van der Waals surface area contributed by atoms with Crippen molar-refractivity contribution in [3.8, 4) is 5.75 Å². The fourth-order valence-electron chi connectivity index (χ4n) is 1.95. The molecule has 0 aliphatic carbocycles. The Labute approximate surface area is 112 Å². The van der Waals surface area contributed by atoms with Crippen molar-refractivity contribution in [1.82, 2.24) is 0 Å². The van der Waals surface area contributed by atoms with Gasteiger partial charge in [0.25, 0.3) is 0 Å². The molecule has 0 radical (unpaired) electrons. The van der Waals surface area contributed by atoms with Crippen LogP contribution in [-0.4, -0.2) is 12.2 Å². The number of hydrogen-bond acceptors (Lipinski definition) is 3. The van der Waals surface area contributed by atoms with Gasteiger partial charge in [-0.05, 0) is 43.7 Å². The molecule has 1 unspecified atom stereocenters. The van der Waals surface area contributed by atoms with Crippen LogP contribution in [0, 0.1) is 6.92 Å². The van der Waals surface area contributed by atoms with Gasteiger partial charge >= 0.3 is 0 Å². The largest absolute Gasteiger partial charge is 0.497 e. The second-order valence-electron chi connectivity index (χ2n) is 4.71. The highest BCUT2D eigenvalue weighted by molar-refractivity contribution is 7.12. The Hall–Kier alpha value is -1.32. The number of aryl methyl sites for hydroxylation is 1. The summed E-state index contributed by atoms with van der Waals surface area (Å²) >= 11 is 1.65. The fourth-order valence-corrected chi connectivity index (χ4v) is 2.86. The monoisotopic (exact) mass is 262 g/mol. The molecule has 1 aromatic heterocycles. The summed E-state index contributed by atoms with van der Waals surface area (Å²) in [5.41, 5.74) is 0.292. The van der Waals surface area contributed by atoms with Crippen molar-refractivity contribution in [2.75, 3.05) is 7.11 Å². The molecule has 0 fully saturated rings. The molecule has 0 amide bonds. The van der Waals surface area contributed by atoms with E-state index >= 15 is 0 Å². The molecule has 2 nitrogen and oxygen atoms in total. The zero-order chi connectivity index (χ0) is 13.2. The number of methoxy groups -OCH3 is 1. The summed E-state index contributed by atoms with van der Waals surface area (Å²) in [4.78, 5) is 2.23. The smallest absolute Gasteiger partial charge is 0.118 e. The summed E-state index contributed by atoms with van der Waals surface area (Å²) in [6.07, 6.45) is 0.608. The summed E-state index contributed by atoms with van der Waals surface area (Å²) in [5.74, 6) is 0.838. The molecule has 0 bridgehead atoms. The zero-order valence-corrected chi connectivity index (χ0v) is 11.8. The Morgan fingerprint density at radius 2 is 1.83 bits per heavy atom. The minimum absolute atomic E-state index is 0.608. The van der Waals surface area contributed by atoms with Gasteiger partial charge in [-0.3, -0.25) is 0 Å². The molecule has 0 aliphatic rings. The second-order valence-corrected chi connectivity index (χ2v) is 6.00. The van der Waals surface area contributed by atoms with E-state index in [0.29, 0.717) is 6.42 Å². The van der Waals surface area contributed by atoms with Crippen molar-refractivity contribution >= 4 is 11.3 Å². The Bertz CT molecular complexity index is 512. The van der Waals surface area contributed by atoms with Gasteiger partial charge < -0.3 is 9.84 Å². The second kappa shape index (κ2) is 5.12. The first-order valence-electron chi connectivity index (χ1n) is 5.93. The first kappa shape index (κ1) is 13.1. The molecular weight excluding hydrogens is 244 g/mol. The van der Waals surface area contributed by atoms with Crippen molar-refractivity contribution in [2.24, 2.45) is 0 Å². The number of ether oxygens (including phenoxy) is 1. The predicted octanol–water partition coefficient (Wildman–Crippen LogP) is 3.52. The van der Waals surface area contributed by atoms with E-state index in [-0.39, 0.29) is 0 Å². The molecule has 3 heteroatoms. The first-order valence-corrected chi connectivity index (χ1v) is 6.75. The molecule has 1 heterocycles. The molecular formula is C15H18O2S. The van der Waals surface area contributed by atoms with Gasteiger partial charge in [-0.1, -0.05) is 12.1 Å². The van der Waals surface area contributed by atoms with Crippen LogP contribution in [0.4, 0.5) is 0 Å². The van der Waals surface area contributed by atoms with E-state index in [4.69, 9.17) is 4.74 Å². The zero-order valence-electron chi connectivity index (χ0n) is 10.9. The molecule has 18 heavy (non-hydrogen) atoms. The van der Waals surface area contributed by atoms with Crippen LogP contribution in [0.5, 0.6) is 5.75 Å². The fraction of sp³-hybridized carbons (Fsp3) is 0.333. The Kier molecular flexibility index (Phi) is 3.73. The van der Waals surface area contributed by atoms with E-state index in [9.17, 15) is 5.11 Å². The van der Waals surface area contributed by atoms with Crippen LogP contribution in [0.15, 0.2) is 36.4 Å². The lowest BCUT2D eigenvalue weighted by Crippen LogP contribution is -2.22. The van der Waals surface area contributed by atoms with Gasteiger partial charge in [-0.2, -0.15) is 0 Å². The summed E-state index contributed by atoms with van der Waals surface area (Å²) < 4.78 is 5.13. The molecule has 0 spiro atoms. The minimum atomic E-state index is -0.812. The maximum absolute atomic E-state index is 10.6. The Balaban J connectivity index is 2.16. The molecule has 1 N–H and O–H groups in total. The van der Waals surface area contributed by atoms with Gasteiger partial charge in [0.2, 0.25) is 0 Å². The number of hydrogen-bond donors (Lipinski definition) is 1. The number of rotatable bonds is 4. The van der Waals surface area contributed by atoms with Crippen LogP contribution in [0.2, 0.25) is 0 Å². The normalized spacial score (nSPS) is 14.2. The maximum atomic E-state index is 10.6. The molecule has 96 valence electrons. The summed E-state index contributed by atoms with van der Waals surface area (Å²) in [7, 11) is 1.65. The molecule has 2 aromatic rings. The average Bonchev–Trinajstić information content (AvgIpc) is 2.77. The van der Waals surface area contributed by atoms with Gasteiger partial charge in [0.15, 0.2) is 0 Å². The molecule has 0 aliphatic heterocycles. The van der Waals surface area contributed by atoms with Crippen LogP contribution in [0.3, 0.4) is 0 Å². The van der Waals surface area contributed by atoms with Crippen molar-refractivity contribution in [2.45, 2.75) is 25.9 Å². The van der Waals surface area contributed by atoms with Crippen LogP contribution < -0.4 is 4.74 Å². The molecule has 1 atom stereocenters. The van der Waals surface area contributed by atoms with Crippen molar-refractivity contribution in [3.63, 3.8) is 0 Å². The van der Waals surface area contributed by atoms with Gasteiger partial charge in [-0.15, -0.1) is 11.3 Å². The average molecular weight is 262 g/mol. The minimum Gasteiger partial charge on any atom is -0.497 e. The SMILES string of the molecule is COc1ccc(CC(C)(O)c2ccc(C)s2)cc1. The summed E-state index contributed by atoms with van der Waals surface area (Å²) in [6, 6.07) is 11.9. The molecule has 0 saturated carbocycles. The predicted molar refractivity (Wildman–Crippen MR) is 75.3 cm³/mol. The van der Waals surface area contributed by atoms with Crippen molar-refractivity contribution < 1.29 is 9.84 Å². The van der Waals surface area contributed by atoms with Crippen LogP contribution in [0.1, 0.15) is 22.2 Å². The topological polar surface area (TPSA) is 29.5 Å². The Morgan fingerprint density at radius 3 is 2.33 bits per heavy atom. The van der Waals surface area contributed by atoms with Crippen molar-refractivity contribution in [1.29, 1.82) is 0 Å². The van der Waals surface area contributed by atoms with Gasteiger partial charge in [0, 0.05) is 16.2 Å². The van der Waals surface area contributed by atoms with Crippen LogP contribution >= 0.6 is 11.3 Å². The molecule has 0 saturated heterocycles. The number of aliphatic hydroxyl groups is 1. The Morgan fingerprint density at radius 1 is 1.17 bits per heavy atom. The lowest BCUT2D eigenvalue weighted by Gasteiger charge is -2.22. The quantitative estimate of drug-likeness (QED) is 0.913. The maximum Gasteiger partial charge on any atom is 0.118 e. The highest BCUT2D eigenvalue weighted by Crippen LogP contribution is 2.31. The highest BCUT2D eigenvalue weighted by Gasteiger charge is 2.25. The van der Waals surface area contributed by atoms with Gasteiger partial charge in [0.05, 0.1) is 12.7 Å². The van der Waals surface area contributed by atoms with Crippen molar-refractivity contribution in [3.05, 3.63) is 51.7 Å². The lowest BCUT2D eigenvalue weighted by molar-refractivity contribution is 0.0615. The van der Waals surface area contributed by atoms with E-state index in [1.165, 1.54) is 4.88 Å². The summed E-state index contributed by atoms with van der Waals surface area (Å²) in [5, 5.41) is 10.6. The van der Waals surface area contributed by atoms with Crippen LogP contribution in [-0.2, 0) is 12.0 Å².